The minimum absolute atomic E-state index is 0.0636. The quantitative estimate of drug-likeness (QED) is 0.381. The maximum Gasteiger partial charge on any atom is 0.416 e. The number of alkyl halides is 5. The van der Waals surface area contributed by atoms with Crippen LogP contribution >= 0.6 is 0 Å². The second-order valence-electron chi connectivity index (χ2n) is 7.25. The van der Waals surface area contributed by atoms with Crippen molar-refractivity contribution in [2.45, 2.75) is 38.1 Å². The lowest BCUT2D eigenvalue weighted by molar-refractivity contribution is -0.151. The highest BCUT2D eigenvalue weighted by Gasteiger charge is 2.46. The molecule has 0 spiro atoms. The first-order chi connectivity index (χ1) is 14.2. The van der Waals surface area contributed by atoms with Crippen LogP contribution in [0.15, 0.2) is 48.5 Å². The van der Waals surface area contributed by atoms with E-state index in [1.165, 1.54) is 25.1 Å². The average molecular weight is 424 g/mol. The summed E-state index contributed by atoms with van der Waals surface area (Å²) in [4.78, 5) is 16.6. The molecule has 1 aromatic heterocycles. The lowest BCUT2D eigenvalue weighted by atomic mass is 10.1. The Balaban J connectivity index is 1.46. The van der Waals surface area contributed by atoms with Gasteiger partial charge in [-0.3, -0.25) is 9.36 Å². The molecule has 3 unspecified atom stereocenters. The molecule has 0 bridgehead atoms. The van der Waals surface area contributed by atoms with Crippen LogP contribution in [0.2, 0.25) is 0 Å². The molecule has 3 aromatic rings. The lowest BCUT2D eigenvalue weighted by Crippen LogP contribution is -2.16. The van der Waals surface area contributed by atoms with Crippen LogP contribution in [0.3, 0.4) is 0 Å². The van der Waals surface area contributed by atoms with Gasteiger partial charge in [0.25, 0.3) is 0 Å². The highest BCUT2D eigenvalue weighted by Crippen LogP contribution is 2.49. The number of nitrogens with zero attached hydrogens (tertiary/aromatic N) is 2. The van der Waals surface area contributed by atoms with Gasteiger partial charge in [-0.05, 0) is 49.1 Å². The molecular formula is C21H17F5N2O2. The number of ether oxygens (including phenoxy) is 1. The summed E-state index contributed by atoms with van der Waals surface area (Å²) in [5.74, 6) is -1.42. The van der Waals surface area contributed by atoms with Gasteiger partial charge in [-0.2, -0.15) is 22.0 Å². The van der Waals surface area contributed by atoms with E-state index in [9.17, 15) is 26.7 Å². The van der Waals surface area contributed by atoms with Crippen LogP contribution in [-0.2, 0) is 15.7 Å². The summed E-state index contributed by atoms with van der Waals surface area (Å²) in [5.41, 5.74) is 0.451. The molecule has 1 aliphatic carbocycles. The Morgan fingerprint density at radius 3 is 2.43 bits per heavy atom. The first-order valence-corrected chi connectivity index (χ1v) is 9.29. The van der Waals surface area contributed by atoms with Gasteiger partial charge in [0.1, 0.15) is 0 Å². The van der Waals surface area contributed by atoms with Gasteiger partial charge in [-0.1, -0.05) is 24.3 Å². The zero-order valence-electron chi connectivity index (χ0n) is 15.7. The highest BCUT2D eigenvalue weighted by atomic mass is 19.4. The highest BCUT2D eigenvalue weighted by molar-refractivity contribution is 5.78. The summed E-state index contributed by atoms with van der Waals surface area (Å²) in [6.45, 7) is -1.39. The Bertz CT molecular complexity index is 1080. The molecule has 1 aliphatic rings. The molecule has 3 atom stereocenters. The van der Waals surface area contributed by atoms with Gasteiger partial charge in [0.15, 0.2) is 11.9 Å². The first kappa shape index (κ1) is 20.3. The Kier molecular flexibility index (Phi) is 4.99. The van der Waals surface area contributed by atoms with Crippen molar-refractivity contribution >= 4 is 17.0 Å². The van der Waals surface area contributed by atoms with Crippen molar-refractivity contribution in [2.24, 2.45) is 5.92 Å². The number of hydrogen-bond donors (Lipinski definition) is 0. The van der Waals surface area contributed by atoms with E-state index in [1.807, 2.05) is 0 Å². The summed E-state index contributed by atoms with van der Waals surface area (Å²) < 4.78 is 71.3. The Labute approximate surface area is 168 Å². The van der Waals surface area contributed by atoms with Crippen molar-refractivity contribution in [1.29, 1.82) is 0 Å². The van der Waals surface area contributed by atoms with Gasteiger partial charge in [0.2, 0.25) is 0 Å². The van der Waals surface area contributed by atoms with E-state index in [-0.39, 0.29) is 17.3 Å². The molecule has 0 saturated heterocycles. The molecule has 0 aliphatic heterocycles. The molecule has 0 radical (unpaired) electrons. The topological polar surface area (TPSA) is 44.1 Å². The number of rotatable bonds is 5. The van der Waals surface area contributed by atoms with Gasteiger partial charge in [-0.15, -0.1) is 0 Å². The second kappa shape index (κ2) is 7.37. The van der Waals surface area contributed by atoms with E-state index in [0.717, 1.165) is 16.7 Å². The number of hydrogen-bond acceptors (Lipinski definition) is 3. The van der Waals surface area contributed by atoms with Crippen LogP contribution in [-0.4, -0.2) is 15.5 Å². The lowest BCUT2D eigenvalue weighted by Gasteiger charge is -2.15. The van der Waals surface area contributed by atoms with Crippen LogP contribution in [0.25, 0.3) is 11.0 Å². The number of para-hydroxylation sites is 2. The van der Waals surface area contributed by atoms with E-state index < -0.39 is 36.3 Å². The van der Waals surface area contributed by atoms with Crippen molar-refractivity contribution in [1.82, 2.24) is 9.55 Å². The van der Waals surface area contributed by atoms with Gasteiger partial charge >= 0.3 is 18.7 Å². The van der Waals surface area contributed by atoms with Crippen molar-refractivity contribution in [3.63, 3.8) is 0 Å². The zero-order chi connectivity index (χ0) is 21.6. The Morgan fingerprint density at radius 1 is 1.13 bits per heavy atom. The molecule has 158 valence electrons. The number of halogens is 5. The van der Waals surface area contributed by atoms with E-state index in [2.05, 4.69) is 4.98 Å². The molecule has 4 rings (SSSR count). The van der Waals surface area contributed by atoms with Crippen molar-refractivity contribution in [3.8, 4) is 0 Å². The molecule has 1 fully saturated rings. The van der Waals surface area contributed by atoms with Crippen molar-refractivity contribution in [2.75, 3.05) is 0 Å². The smallest absolute Gasteiger partial charge is 0.416 e. The van der Waals surface area contributed by atoms with Crippen LogP contribution < -0.4 is 0 Å². The fraction of sp³-hybridized carbons (Fsp3) is 0.333. The Hall–Kier alpha value is -2.97. The number of carbonyl (C=O) groups is 1. The zero-order valence-corrected chi connectivity index (χ0v) is 15.7. The van der Waals surface area contributed by atoms with Crippen LogP contribution in [0.5, 0.6) is 0 Å². The van der Waals surface area contributed by atoms with E-state index in [4.69, 9.17) is 4.74 Å². The molecule has 9 heteroatoms. The number of imidazole rings is 1. The summed E-state index contributed by atoms with van der Waals surface area (Å²) in [7, 11) is 0. The van der Waals surface area contributed by atoms with E-state index in [1.54, 1.807) is 18.2 Å². The number of aromatic nitrogens is 2. The largest absolute Gasteiger partial charge is 0.454 e. The van der Waals surface area contributed by atoms with Gasteiger partial charge < -0.3 is 4.74 Å². The number of esters is 1. The van der Waals surface area contributed by atoms with E-state index >= 15 is 0 Å². The number of carbonyl (C=O) groups excluding carboxylic acids is 1. The third-order valence-corrected chi connectivity index (χ3v) is 5.23. The SMILES string of the molecule is CC(OC(=O)C1CC1c1ccc(C(F)(F)F)cc1)c1nc2ccccc2n1C(F)F. The fourth-order valence-electron chi connectivity index (χ4n) is 3.61. The maximum atomic E-state index is 13.6. The minimum Gasteiger partial charge on any atom is -0.454 e. The predicted octanol–water partition coefficient (Wildman–Crippen LogP) is 5.86. The minimum atomic E-state index is -4.42. The normalized spacial score (nSPS) is 19.8. The van der Waals surface area contributed by atoms with E-state index in [0.29, 0.717) is 17.5 Å². The number of fused-ring (bicyclic) bond motifs is 1. The maximum absolute atomic E-state index is 13.6. The standard InChI is InChI=1S/C21H17F5N2O2/c1-11(18-27-16-4-2-3-5-17(16)28(18)20(22)23)30-19(29)15-10-14(15)12-6-8-13(9-7-12)21(24,25)26/h2-9,11,14-15,20H,10H2,1H3. The van der Waals surface area contributed by atoms with Crippen molar-refractivity contribution < 1.29 is 31.5 Å². The van der Waals surface area contributed by atoms with Gasteiger partial charge in [0.05, 0.1) is 22.5 Å². The molecule has 30 heavy (non-hydrogen) atoms. The molecule has 1 saturated carbocycles. The van der Waals surface area contributed by atoms with Crippen LogP contribution in [0, 0.1) is 5.92 Å². The third-order valence-electron chi connectivity index (χ3n) is 5.23. The molecular weight excluding hydrogens is 407 g/mol. The predicted molar refractivity (Wildman–Crippen MR) is 97.8 cm³/mol. The average Bonchev–Trinajstić information content (AvgIpc) is 3.39. The second-order valence-corrected chi connectivity index (χ2v) is 7.25. The monoisotopic (exact) mass is 424 g/mol. The Morgan fingerprint density at radius 2 is 1.80 bits per heavy atom. The first-order valence-electron chi connectivity index (χ1n) is 9.29. The van der Waals surface area contributed by atoms with Crippen LogP contribution in [0.1, 0.15) is 48.9 Å². The summed E-state index contributed by atoms with van der Waals surface area (Å²) >= 11 is 0. The molecule has 0 N–H and O–H groups in total. The van der Waals surface area contributed by atoms with Gasteiger partial charge in [0, 0.05) is 0 Å². The molecule has 0 amide bonds. The fourth-order valence-corrected chi connectivity index (χ4v) is 3.61. The molecule has 1 heterocycles. The number of benzene rings is 2. The summed E-state index contributed by atoms with van der Waals surface area (Å²) in [6, 6.07) is 11.0. The summed E-state index contributed by atoms with van der Waals surface area (Å²) in [5, 5.41) is 0. The molecule has 4 nitrogen and oxygen atoms in total. The van der Waals surface area contributed by atoms with Crippen molar-refractivity contribution in [3.05, 3.63) is 65.5 Å². The summed E-state index contributed by atoms with van der Waals surface area (Å²) in [6.07, 6.45) is -5.00. The third kappa shape index (κ3) is 3.76. The molecule has 2 aromatic carbocycles. The van der Waals surface area contributed by atoms with Gasteiger partial charge in [-0.25, -0.2) is 4.98 Å². The van der Waals surface area contributed by atoms with Crippen LogP contribution in [0.4, 0.5) is 22.0 Å².